The smallest absolute Gasteiger partial charge is 0.352 e. The van der Waals surface area contributed by atoms with E-state index in [1.807, 2.05) is 31.2 Å². The summed E-state index contributed by atoms with van der Waals surface area (Å²) in [6, 6.07) is 9.37. The van der Waals surface area contributed by atoms with Crippen LogP contribution >= 0.6 is 31.9 Å². The Morgan fingerprint density at radius 2 is 2.00 bits per heavy atom. The maximum atomic E-state index is 11.3. The summed E-state index contributed by atoms with van der Waals surface area (Å²) in [6.07, 6.45) is 0.845. The molecule has 3 nitrogen and oxygen atoms in total. The number of hydrogen-bond donors (Lipinski definition) is 1. The highest BCUT2D eigenvalue weighted by molar-refractivity contribution is 9.13. The number of aryl methyl sites for hydroxylation is 1. The maximum absolute atomic E-state index is 11.3. The molecule has 0 aliphatic heterocycles. The zero-order valence-corrected chi connectivity index (χ0v) is 12.8. The number of carboxylic acids is 1. The van der Waals surface area contributed by atoms with Crippen molar-refractivity contribution >= 4 is 37.8 Å². The van der Waals surface area contributed by atoms with Crippen LogP contribution in [0.5, 0.6) is 0 Å². The Hall–Kier alpha value is -1.07. The molecule has 0 saturated carbocycles. The molecular weight excluding hydrogens is 362 g/mol. The largest absolute Gasteiger partial charge is 0.477 e. The standard InChI is InChI=1S/C13H11Br2NO2/c1-2-8-5-3-4-6-10(8)16-11(13(17)18)7-9(14)12(16)15/h3-7H,2H2,1H3,(H,17,18). The second kappa shape index (κ2) is 5.28. The SMILES string of the molecule is CCc1ccccc1-n1c(C(=O)O)cc(Br)c1Br. The molecule has 0 atom stereocenters. The van der Waals surface area contributed by atoms with Crippen molar-refractivity contribution in [3.05, 3.63) is 50.7 Å². The fraction of sp³-hybridized carbons (Fsp3) is 0.154. The van der Waals surface area contributed by atoms with E-state index in [9.17, 15) is 9.90 Å². The van der Waals surface area contributed by atoms with Crippen LogP contribution in [0, 0.1) is 0 Å². The summed E-state index contributed by atoms with van der Waals surface area (Å²) in [5, 5.41) is 9.27. The zero-order valence-electron chi connectivity index (χ0n) is 9.65. The molecule has 0 aliphatic rings. The van der Waals surface area contributed by atoms with Gasteiger partial charge in [-0.1, -0.05) is 25.1 Å². The molecule has 0 unspecified atom stereocenters. The van der Waals surface area contributed by atoms with Gasteiger partial charge in [0, 0.05) is 0 Å². The topological polar surface area (TPSA) is 42.2 Å². The van der Waals surface area contributed by atoms with E-state index in [1.165, 1.54) is 0 Å². The molecule has 1 aromatic carbocycles. The number of nitrogens with zero attached hydrogens (tertiary/aromatic N) is 1. The minimum Gasteiger partial charge on any atom is -0.477 e. The van der Waals surface area contributed by atoms with Crippen molar-refractivity contribution in [3.8, 4) is 5.69 Å². The first-order chi connectivity index (χ1) is 8.56. The van der Waals surface area contributed by atoms with Gasteiger partial charge in [0.2, 0.25) is 0 Å². The molecule has 0 radical (unpaired) electrons. The molecular formula is C13H11Br2NO2. The number of aromatic nitrogens is 1. The van der Waals surface area contributed by atoms with Crippen molar-refractivity contribution in [2.24, 2.45) is 0 Å². The lowest BCUT2D eigenvalue weighted by molar-refractivity contribution is 0.0688. The number of hydrogen-bond acceptors (Lipinski definition) is 1. The van der Waals surface area contributed by atoms with E-state index in [1.54, 1.807) is 10.6 Å². The van der Waals surface area contributed by atoms with Gasteiger partial charge in [-0.05, 0) is 56.0 Å². The van der Waals surface area contributed by atoms with Crippen LogP contribution in [0.3, 0.4) is 0 Å². The molecule has 0 bridgehead atoms. The van der Waals surface area contributed by atoms with Crippen LogP contribution in [-0.4, -0.2) is 15.6 Å². The van der Waals surface area contributed by atoms with Gasteiger partial charge in [0.15, 0.2) is 0 Å². The van der Waals surface area contributed by atoms with Crippen LogP contribution < -0.4 is 0 Å². The number of rotatable bonds is 3. The van der Waals surface area contributed by atoms with E-state index >= 15 is 0 Å². The first kappa shape index (κ1) is 13.4. The highest BCUT2D eigenvalue weighted by Crippen LogP contribution is 2.32. The van der Waals surface area contributed by atoms with E-state index in [0.717, 1.165) is 22.1 Å². The minimum absolute atomic E-state index is 0.231. The molecule has 1 N–H and O–H groups in total. The van der Waals surface area contributed by atoms with Crippen molar-refractivity contribution in [2.45, 2.75) is 13.3 Å². The van der Waals surface area contributed by atoms with Gasteiger partial charge in [-0.25, -0.2) is 4.79 Å². The Balaban J connectivity index is 2.74. The number of benzene rings is 1. The van der Waals surface area contributed by atoms with Gasteiger partial charge in [0.25, 0.3) is 0 Å². The highest BCUT2D eigenvalue weighted by Gasteiger charge is 2.19. The van der Waals surface area contributed by atoms with Crippen LogP contribution in [0.2, 0.25) is 0 Å². The second-order valence-corrected chi connectivity index (χ2v) is 5.40. The molecule has 0 aliphatic carbocycles. The average molecular weight is 373 g/mol. The normalized spacial score (nSPS) is 10.6. The molecule has 2 aromatic rings. The van der Waals surface area contributed by atoms with Gasteiger partial charge in [0.1, 0.15) is 10.3 Å². The van der Waals surface area contributed by atoms with Crippen molar-refractivity contribution < 1.29 is 9.90 Å². The Labute approximate surface area is 122 Å². The number of para-hydroxylation sites is 1. The maximum Gasteiger partial charge on any atom is 0.352 e. The second-order valence-electron chi connectivity index (χ2n) is 3.79. The summed E-state index contributed by atoms with van der Waals surface area (Å²) in [4.78, 5) is 11.3. The van der Waals surface area contributed by atoms with E-state index in [0.29, 0.717) is 4.60 Å². The van der Waals surface area contributed by atoms with Gasteiger partial charge >= 0.3 is 5.97 Å². The molecule has 0 saturated heterocycles. The van der Waals surface area contributed by atoms with Crippen LogP contribution in [-0.2, 0) is 6.42 Å². The third-order valence-corrected chi connectivity index (χ3v) is 4.65. The number of carbonyl (C=O) groups is 1. The molecule has 0 amide bonds. The summed E-state index contributed by atoms with van der Waals surface area (Å²) in [7, 11) is 0. The average Bonchev–Trinajstić information content (AvgIpc) is 2.66. The van der Waals surface area contributed by atoms with Crippen molar-refractivity contribution in [1.29, 1.82) is 0 Å². The Morgan fingerprint density at radius 1 is 1.33 bits per heavy atom. The Morgan fingerprint density at radius 3 is 2.61 bits per heavy atom. The summed E-state index contributed by atoms with van der Waals surface area (Å²) in [5.41, 5.74) is 2.22. The van der Waals surface area contributed by atoms with E-state index < -0.39 is 5.97 Å². The van der Waals surface area contributed by atoms with Gasteiger partial charge in [-0.3, -0.25) is 4.57 Å². The van der Waals surface area contributed by atoms with E-state index in [-0.39, 0.29) is 5.69 Å². The van der Waals surface area contributed by atoms with Crippen LogP contribution in [0.4, 0.5) is 0 Å². The summed E-state index contributed by atoms with van der Waals surface area (Å²) < 4.78 is 3.14. The van der Waals surface area contributed by atoms with Crippen LogP contribution in [0.25, 0.3) is 5.69 Å². The lowest BCUT2D eigenvalue weighted by Crippen LogP contribution is -2.08. The molecule has 94 valence electrons. The monoisotopic (exact) mass is 371 g/mol. The summed E-state index contributed by atoms with van der Waals surface area (Å²) in [5.74, 6) is -0.952. The lowest BCUT2D eigenvalue weighted by Gasteiger charge is -2.12. The van der Waals surface area contributed by atoms with Gasteiger partial charge < -0.3 is 5.11 Å². The predicted octanol–water partition coefficient (Wildman–Crippen LogP) is 4.26. The Kier molecular flexibility index (Phi) is 3.92. The lowest BCUT2D eigenvalue weighted by atomic mass is 10.1. The minimum atomic E-state index is -0.952. The van der Waals surface area contributed by atoms with E-state index in [4.69, 9.17) is 0 Å². The fourth-order valence-corrected chi connectivity index (χ4v) is 2.77. The third-order valence-electron chi connectivity index (χ3n) is 2.73. The van der Waals surface area contributed by atoms with Gasteiger partial charge in [-0.15, -0.1) is 0 Å². The van der Waals surface area contributed by atoms with Gasteiger partial charge in [-0.2, -0.15) is 0 Å². The first-order valence-corrected chi connectivity index (χ1v) is 7.03. The molecule has 5 heteroatoms. The van der Waals surface area contributed by atoms with Crippen molar-refractivity contribution in [1.82, 2.24) is 4.57 Å². The molecule has 18 heavy (non-hydrogen) atoms. The van der Waals surface area contributed by atoms with Gasteiger partial charge in [0.05, 0.1) is 10.2 Å². The van der Waals surface area contributed by atoms with E-state index in [2.05, 4.69) is 31.9 Å². The third kappa shape index (κ3) is 2.24. The number of halogens is 2. The quantitative estimate of drug-likeness (QED) is 0.874. The first-order valence-electron chi connectivity index (χ1n) is 5.44. The zero-order chi connectivity index (χ0) is 13.3. The molecule has 0 fully saturated rings. The number of aromatic carboxylic acids is 1. The van der Waals surface area contributed by atoms with Crippen LogP contribution in [0.15, 0.2) is 39.4 Å². The summed E-state index contributed by atoms with van der Waals surface area (Å²) in [6.45, 7) is 2.05. The van der Waals surface area contributed by atoms with Crippen molar-refractivity contribution in [2.75, 3.05) is 0 Å². The molecule has 0 spiro atoms. The Bertz CT molecular complexity index is 605. The fourth-order valence-electron chi connectivity index (χ4n) is 1.88. The van der Waals surface area contributed by atoms with Crippen molar-refractivity contribution in [3.63, 3.8) is 0 Å². The molecule has 1 heterocycles. The highest BCUT2D eigenvalue weighted by atomic mass is 79.9. The number of carboxylic acid groups (broad SMARTS) is 1. The summed E-state index contributed by atoms with van der Waals surface area (Å²) >= 11 is 6.77. The van der Waals surface area contributed by atoms with Crippen LogP contribution in [0.1, 0.15) is 23.0 Å². The predicted molar refractivity (Wildman–Crippen MR) is 77.5 cm³/mol. The molecule has 1 aromatic heterocycles. The molecule has 2 rings (SSSR count).